The van der Waals surface area contributed by atoms with E-state index in [4.69, 9.17) is 0 Å². The van der Waals surface area contributed by atoms with E-state index in [2.05, 4.69) is 9.71 Å². The zero-order chi connectivity index (χ0) is 21.8. The molecule has 0 bridgehead atoms. The molecule has 1 aliphatic rings. The van der Waals surface area contributed by atoms with Gasteiger partial charge in [-0.2, -0.15) is 0 Å². The van der Waals surface area contributed by atoms with Gasteiger partial charge in [0.2, 0.25) is 5.91 Å². The molecule has 6 nitrogen and oxygen atoms in total. The summed E-state index contributed by atoms with van der Waals surface area (Å²) in [6.45, 7) is 0. The number of aromatic amines is 1. The van der Waals surface area contributed by atoms with Gasteiger partial charge in [-0.05, 0) is 65.7 Å². The van der Waals surface area contributed by atoms with Crippen molar-refractivity contribution in [2.45, 2.75) is 11.3 Å². The normalized spacial score (nSPS) is 13.6. The number of carbonyl (C=O) groups excluding carboxylic acids is 1. The molecule has 0 atom stereocenters. The fraction of sp³-hybridized carbons (Fsp3) is 0.0870. The number of sulfonamides is 1. The lowest BCUT2D eigenvalue weighted by atomic mass is 10.1. The van der Waals surface area contributed by atoms with Gasteiger partial charge in [0.1, 0.15) is 5.82 Å². The van der Waals surface area contributed by atoms with Gasteiger partial charge in [0, 0.05) is 35.0 Å². The van der Waals surface area contributed by atoms with Crippen LogP contribution in [-0.4, -0.2) is 26.4 Å². The van der Waals surface area contributed by atoms with Gasteiger partial charge < -0.3 is 9.88 Å². The Hall–Kier alpha value is -3.65. The summed E-state index contributed by atoms with van der Waals surface area (Å²) < 4.78 is 41.6. The summed E-state index contributed by atoms with van der Waals surface area (Å²) >= 11 is 0. The molecule has 4 aromatic rings. The molecule has 0 saturated heterocycles. The quantitative estimate of drug-likeness (QED) is 0.502. The van der Waals surface area contributed by atoms with Crippen LogP contribution >= 0.6 is 0 Å². The van der Waals surface area contributed by atoms with E-state index in [0.717, 1.165) is 27.8 Å². The lowest BCUT2D eigenvalue weighted by Gasteiger charge is -2.12. The first kappa shape index (κ1) is 19.3. The van der Waals surface area contributed by atoms with Crippen LogP contribution in [0.2, 0.25) is 0 Å². The summed E-state index contributed by atoms with van der Waals surface area (Å²) in [5.74, 6) is -0.363. The van der Waals surface area contributed by atoms with E-state index < -0.39 is 10.0 Å². The lowest BCUT2D eigenvalue weighted by Crippen LogP contribution is -2.20. The second kappa shape index (κ2) is 6.95. The minimum absolute atomic E-state index is 0.0622. The monoisotopic (exact) mass is 435 g/mol. The van der Waals surface area contributed by atoms with E-state index in [1.807, 2.05) is 6.07 Å². The Bertz CT molecular complexity index is 1440. The predicted octanol–water partition coefficient (Wildman–Crippen LogP) is 4.29. The zero-order valence-corrected chi connectivity index (χ0v) is 17.3. The number of aromatic nitrogens is 1. The third-order valence-corrected chi connectivity index (χ3v) is 6.85. The van der Waals surface area contributed by atoms with Crippen molar-refractivity contribution in [3.8, 4) is 11.3 Å². The van der Waals surface area contributed by atoms with Gasteiger partial charge in [-0.1, -0.05) is 12.1 Å². The number of nitrogens with one attached hydrogen (secondary N) is 2. The Balaban J connectivity index is 1.39. The molecule has 0 aliphatic carbocycles. The summed E-state index contributed by atoms with van der Waals surface area (Å²) in [5, 5.41) is 0.764. The van der Waals surface area contributed by atoms with E-state index in [0.29, 0.717) is 11.3 Å². The number of rotatable bonds is 4. The lowest BCUT2D eigenvalue weighted by molar-refractivity contribution is -0.117. The van der Waals surface area contributed by atoms with Crippen LogP contribution in [0.3, 0.4) is 0 Å². The summed E-state index contributed by atoms with van der Waals surface area (Å²) in [6.07, 6.45) is 0.193. The summed E-state index contributed by atoms with van der Waals surface area (Å²) in [6, 6.07) is 18.0. The maximum Gasteiger partial charge on any atom is 0.261 e. The number of hydrogen-bond donors (Lipinski definition) is 2. The molecule has 2 heterocycles. The van der Waals surface area contributed by atoms with Crippen LogP contribution in [0, 0.1) is 5.82 Å². The number of anilines is 2. The van der Waals surface area contributed by atoms with Crippen LogP contribution < -0.4 is 9.62 Å². The molecule has 3 aromatic carbocycles. The molecular formula is C23H18FN3O3S. The van der Waals surface area contributed by atoms with Crippen LogP contribution in [-0.2, 0) is 21.2 Å². The fourth-order valence-corrected chi connectivity index (χ4v) is 4.91. The van der Waals surface area contributed by atoms with Crippen LogP contribution in [0.25, 0.3) is 22.2 Å². The Labute approximate surface area is 178 Å². The highest BCUT2D eigenvalue weighted by Gasteiger charge is 2.26. The molecule has 31 heavy (non-hydrogen) atoms. The Morgan fingerprint density at radius 2 is 1.77 bits per heavy atom. The van der Waals surface area contributed by atoms with Gasteiger partial charge in [-0.3, -0.25) is 9.52 Å². The van der Waals surface area contributed by atoms with Crippen molar-refractivity contribution in [3.05, 3.63) is 78.1 Å². The first-order chi connectivity index (χ1) is 14.8. The van der Waals surface area contributed by atoms with Crippen molar-refractivity contribution in [2.75, 3.05) is 16.7 Å². The molecule has 5 rings (SSSR count). The number of halogens is 1. The SMILES string of the molecule is CN1C(=O)Cc2cc(S(=O)(=O)Nc3ccc(-c4cc5cc(F)ccc5[nH]4)cc3)ccc21. The van der Waals surface area contributed by atoms with Crippen molar-refractivity contribution in [1.82, 2.24) is 4.98 Å². The van der Waals surface area contributed by atoms with E-state index >= 15 is 0 Å². The highest BCUT2D eigenvalue weighted by Crippen LogP contribution is 2.31. The molecule has 1 aliphatic heterocycles. The summed E-state index contributed by atoms with van der Waals surface area (Å²) in [4.78, 5) is 16.7. The fourth-order valence-electron chi connectivity index (χ4n) is 3.80. The van der Waals surface area contributed by atoms with Crippen LogP contribution in [0.4, 0.5) is 15.8 Å². The molecule has 1 aromatic heterocycles. The van der Waals surface area contributed by atoms with Gasteiger partial charge in [0.25, 0.3) is 10.0 Å². The van der Waals surface area contributed by atoms with Crippen molar-refractivity contribution >= 4 is 38.2 Å². The number of H-pyrrole nitrogens is 1. The van der Waals surface area contributed by atoms with Gasteiger partial charge in [-0.25, -0.2) is 12.8 Å². The molecule has 0 fully saturated rings. The second-order valence-electron chi connectivity index (χ2n) is 7.52. The topological polar surface area (TPSA) is 82.3 Å². The maximum absolute atomic E-state index is 13.4. The molecule has 1 amide bonds. The average Bonchev–Trinajstić information content (AvgIpc) is 3.28. The number of hydrogen-bond acceptors (Lipinski definition) is 3. The zero-order valence-electron chi connectivity index (χ0n) is 16.5. The van der Waals surface area contributed by atoms with Crippen molar-refractivity contribution in [3.63, 3.8) is 0 Å². The van der Waals surface area contributed by atoms with Crippen molar-refractivity contribution < 1.29 is 17.6 Å². The Morgan fingerprint density at radius 3 is 2.55 bits per heavy atom. The maximum atomic E-state index is 13.4. The number of amides is 1. The van der Waals surface area contributed by atoms with E-state index in [1.165, 1.54) is 29.2 Å². The Kier molecular flexibility index (Phi) is 4.33. The number of fused-ring (bicyclic) bond motifs is 2. The minimum atomic E-state index is -3.80. The number of benzene rings is 3. The van der Waals surface area contributed by atoms with Crippen molar-refractivity contribution in [2.24, 2.45) is 0 Å². The highest BCUT2D eigenvalue weighted by atomic mass is 32.2. The Morgan fingerprint density at radius 1 is 1.00 bits per heavy atom. The van der Waals surface area contributed by atoms with Gasteiger partial charge >= 0.3 is 0 Å². The van der Waals surface area contributed by atoms with Crippen molar-refractivity contribution in [1.29, 1.82) is 0 Å². The third-order valence-electron chi connectivity index (χ3n) is 5.47. The smallest absolute Gasteiger partial charge is 0.261 e. The third kappa shape index (κ3) is 3.44. The first-order valence-corrected chi connectivity index (χ1v) is 11.1. The largest absolute Gasteiger partial charge is 0.355 e. The van der Waals surface area contributed by atoms with Gasteiger partial charge in [0.15, 0.2) is 0 Å². The van der Waals surface area contributed by atoms with Crippen LogP contribution in [0.1, 0.15) is 5.56 Å². The number of carbonyl (C=O) groups is 1. The predicted molar refractivity (Wildman–Crippen MR) is 118 cm³/mol. The molecule has 0 spiro atoms. The average molecular weight is 435 g/mol. The highest BCUT2D eigenvalue weighted by molar-refractivity contribution is 7.92. The molecule has 0 unspecified atom stereocenters. The molecule has 156 valence electrons. The standard InChI is InChI=1S/C23H18FN3O3S/c1-27-22-9-7-19(11-16(22)13-23(27)28)31(29,30)26-18-5-2-14(3-6-18)21-12-15-10-17(24)4-8-20(15)25-21/h2-12,25-26H,13H2,1H3. The molecule has 0 saturated carbocycles. The molecular weight excluding hydrogens is 417 g/mol. The summed E-state index contributed by atoms with van der Waals surface area (Å²) in [7, 11) is -2.13. The van der Waals surface area contributed by atoms with Gasteiger partial charge in [-0.15, -0.1) is 0 Å². The van der Waals surface area contributed by atoms with E-state index in [9.17, 15) is 17.6 Å². The summed E-state index contributed by atoms with van der Waals surface area (Å²) in [5.41, 5.74) is 4.31. The molecule has 8 heteroatoms. The first-order valence-electron chi connectivity index (χ1n) is 9.61. The van der Waals surface area contributed by atoms with Gasteiger partial charge in [0.05, 0.1) is 11.3 Å². The molecule has 0 radical (unpaired) electrons. The second-order valence-corrected chi connectivity index (χ2v) is 9.20. The van der Waals surface area contributed by atoms with E-state index in [-0.39, 0.29) is 23.0 Å². The van der Waals surface area contributed by atoms with Crippen LogP contribution in [0.15, 0.2) is 71.6 Å². The number of likely N-dealkylation sites (N-methyl/N-ethyl adjacent to an activating group) is 1. The van der Waals surface area contributed by atoms with E-state index in [1.54, 1.807) is 43.4 Å². The molecule has 2 N–H and O–H groups in total. The van der Waals surface area contributed by atoms with Crippen LogP contribution in [0.5, 0.6) is 0 Å². The number of nitrogens with zero attached hydrogens (tertiary/aromatic N) is 1. The minimum Gasteiger partial charge on any atom is -0.355 e.